The molecule has 1 aromatic carbocycles. The van der Waals surface area contributed by atoms with Gasteiger partial charge in [-0.25, -0.2) is 0 Å². The fourth-order valence-electron chi connectivity index (χ4n) is 1.88. The number of nitrogens with zero attached hydrogens (tertiary/aromatic N) is 1. The molecule has 0 spiro atoms. The van der Waals surface area contributed by atoms with E-state index in [2.05, 4.69) is 0 Å². The zero-order chi connectivity index (χ0) is 13.5. The number of nitrogen functional groups attached to an aromatic ring is 1. The molecule has 0 saturated carbocycles. The van der Waals surface area contributed by atoms with Crippen LogP contribution in [0.4, 0.5) is 0 Å². The van der Waals surface area contributed by atoms with Gasteiger partial charge in [-0.15, -0.1) is 0 Å². The molecule has 5 nitrogen and oxygen atoms in total. The Labute approximate surface area is 108 Å². The van der Waals surface area contributed by atoms with Crippen LogP contribution in [-0.4, -0.2) is 49.3 Å². The standard InChI is InChI=1S/C13H21N3O2/c1-16(8-11(17)9-18-2)7-10-5-3-4-6-12(10)13(14)15/h3-6,11,17H,7-9H2,1-2H3,(H3,14,15). The van der Waals surface area contributed by atoms with Gasteiger partial charge in [0.2, 0.25) is 0 Å². The Kier molecular flexibility index (Phi) is 5.77. The van der Waals surface area contributed by atoms with Gasteiger partial charge < -0.3 is 15.6 Å². The van der Waals surface area contributed by atoms with E-state index >= 15 is 0 Å². The highest BCUT2D eigenvalue weighted by Crippen LogP contribution is 2.10. The van der Waals surface area contributed by atoms with Crippen LogP contribution in [0.3, 0.4) is 0 Å². The number of hydrogen-bond acceptors (Lipinski definition) is 4. The predicted octanol–water partition coefficient (Wildman–Crippen LogP) is 0.410. The van der Waals surface area contributed by atoms with Crippen LogP contribution in [0.2, 0.25) is 0 Å². The van der Waals surface area contributed by atoms with Crippen molar-refractivity contribution < 1.29 is 9.84 Å². The van der Waals surface area contributed by atoms with Crippen LogP contribution < -0.4 is 5.73 Å². The van der Waals surface area contributed by atoms with Crippen LogP contribution in [0.5, 0.6) is 0 Å². The second-order valence-corrected chi connectivity index (χ2v) is 4.38. The molecule has 4 N–H and O–H groups in total. The van der Waals surface area contributed by atoms with Crippen LogP contribution in [-0.2, 0) is 11.3 Å². The maximum Gasteiger partial charge on any atom is 0.123 e. The van der Waals surface area contributed by atoms with E-state index in [-0.39, 0.29) is 5.84 Å². The number of nitrogens with two attached hydrogens (primary N) is 1. The Morgan fingerprint density at radius 1 is 1.50 bits per heavy atom. The lowest BCUT2D eigenvalue weighted by Gasteiger charge is -2.21. The fourth-order valence-corrected chi connectivity index (χ4v) is 1.88. The number of aliphatic hydroxyl groups excluding tert-OH is 1. The van der Waals surface area contributed by atoms with E-state index < -0.39 is 6.10 Å². The molecule has 0 aliphatic heterocycles. The van der Waals surface area contributed by atoms with E-state index in [0.29, 0.717) is 19.7 Å². The maximum absolute atomic E-state index is 9.64. The number of amidine groups is 1. The average molecular weight is 251 g/mol. The van der Waals surface area contributed by atoms with Crippen molar-refractivity contribution in [2.45, 2.75) is 12.6 Å². The van der Waals surface area contributed by atoms with Crippen molar-refractivity contribution in [3.05, 3.63) is 35.4 Å². The summed E-state index contributed by atoms with van der Waals surface area (Å²) in [4.78, 5) is 1.98. The SMILES string of the molecule is COCC(O)CN(C)Cc1ccccc1C(=N)N. The van der Waals surface area contributed by atoms with E-state index in [0.717, 1.165) is 11.1 Å². The molecule has 1 atom stereocenters. The summed E-state index contributed by atoms with van der Waals surface area (Å²) in [5, 5.41) is 17.2. The average Bonchev–Trinajstić information content (AvgIpc) is 2.29. The quantitative estimate of drug-likeness (QED) is 0.484. The number of ether oxygens (including phenoxy) is 1. The highest BCUT2D eigenvalue weighted by molar-refractivity contribution is 5.96. The summed E-state index contributed by atoms with van der Waals surface area (Å²) in [6.07, 6.45) is -0.510. The third kappa shape index (κ3) is 4.44. The van der Waals surface area contributed by atoms with Gasteiger partial charge in [-0.05, 0) is 12.6 Å². The molecule has 18 heavy (non-hydrogen) atoms. The second kappa shape index (κ2) is 7.10. The molecular formula is C13H21N3O2. The zero-order valence-corrected chi connectivity index (χ0v) is 10.9. The van der Waals surface area contributed by atoms with Gasteiger partial charge in [0, 0.05) is 25.8 Å². The molecule has 5 heteroatoms. The van der Waals surface area contributed by atoms with Gasteiger partial charge in [-0.3, -0.25) is 10.3 Å². The maximum atomic E-state index is 9.64. The Balaban J connectivity index is 2.64. The normalized spacial score (nSPS) is 12.7. The number of aliphatic hydroxyl groups is 1. The molecule has 0 saturated heterocycles. The third-order valence-corrected chi connectivity index (χ3v) is 2.63. The smallest absolute Gasteiger partial charge is 0.123 e. The number of hydrogen-bond donors (Lipinski definition) is 3. The molecule has 100 valence electrons. The third-order valence-electron chi connectivity index (χ3n) is 2.63. The summed E-state index contributed by atoms with van der Waals surface area (Å²) in [6.45, 7) is 1.47. The number of methoxy groups -OCH3 is 1. The highest BCUT2D eigenvalue weighted by atomic mass is 16.5. The summed E-state index contributed by atoms with van der Waals surface area (Å²) in [6, 6.07) is 7.55. The van der Waals surface area contributed by atoms with E-state index in [9.17, 15) is 5.11 Å². The van der Waals surface area contributed by atoms with Gasteiger partial charge in [-0.1, -0.05) is 24.3 Å². The monoisotopic (exact) mass is 251 g/mol. The number of benzene rings is 1. The summed E-state index contributed by atoms with van der Waals surface area (Å²) in [5.41, 5.74) is 7.26. The van der Waals surface area contributed by atoms with Crippen molar-refractivity contribution in [1.29, 1.82) is 5.41 Å². The second-order valence-electron chi connectivity index (χ2n) is 4.38. The first-order valence-corrected chi connectivity index (χ1v) is 5.82. The molecule has 0 amide bonds. The van der Waals surface area contributed by atoms with Gasteiger partial charge in [0.25, 0.3) is 0 Å². The molecular weight excluding hydrogens is 230 g/mol. The molecule has 0 aliphatic rings. The Bertz CT molecular complexity index is 396. The summed E-state index contributed by atoms with van der Waals surface area (Å²) >= 11 is 0. The minimum atomic E-state index is -0.510. The van der Waals surface area contributed by atoms with Crippen molar-refractivity contribution in [2.24, 2.45) is 5.73 Å². The largest absolute Gasteiger partial charge is 0.389 e. The number of likely N-dealkylation sites (N-methyl/N-ethyl adjacent to an activating group) is 1. The molecule has 1 unspecified atom stereocenters. The fraction of sp³-hybridized carbons (Fsp3) is 0.462. The van der Waals surface area contributed by atoms with E-state index in [1.165, 1.54) is 0 Å². The Hall–Kier alpha value is -1.43. The van der Waals surface area contributed by atoms with Crippen molar-refractivity contribution in [3.63, 3.8) is 0 Å². The molecule has 0 aliphatic carbocycles. The van der Waals surface area contributed by atoms with Crippen molar-refractivity contribution >= 4 is 5.84 Å². The van der Waals surface area contributed by atoms with Crippen LogP contribution in [0, 0.1) is 5.41 Å². The lowest BCUT2D eigenvalue weighted by atomic mass is 10.1. The first-order valence-electron chi connectivity index (χ1n) is 5.82. The van der Waals surface area contributed by atoms with Gasteiger partial charge in [0.05, 0.1) is 12.7 Å². The van der Waals surface area contributed by atoms with Crippen molar-refractivity contribution in [3.8, 4) is 0 Å². The topological polar surface area (TPSA) is 82.6 Å². The molecule has 0 bridgehead atoms. The van der Waals surface area contributed by atoms with Crippen LogP contribution in [0.25, 0.3) is 0 Å². The van der Waals surface area contributed by atoms with Gasteiger partial charge in [-0.2, -0.15) is 0 Å². The minimum absolute atomic E-state index is 0.0661. The minimum Gasteiger partial charge on any atom is -0.389 e. The highest BCUT2D eigenvalue weighted by Gasteiger charge is 2.11. The molecule has 0 aromatic heterocycles. The molecule has 1 aromatic rings. The summed E-state index contributed by atoms with van der Waals surface area (Å²) in [5.74, 6) is 0.0661. The van der Waals surface area contributed by atoms with Crippen LogP contribution in [0.15, 0.2) is 24.3 Å². The van der Waals surface area contributed by atoms with Crippen molar-refractivity contribution in [1.82, 2.24) is 4.90 Å². The Morgan fingerprint density at radius 2 is 2.17 bits per heavy atom. The Morgan fingerprint density at radius 3 is 2.78 bits per heavy atom. The number of nitrogens with one attached hydrogen (secondary N) is 1. The van der Waals surface area contributed by atoms with E-state index in [1.807, 2.05) is 36.2 Å². The molecule has 0 fully saturated rings. The number of rotatable bonds is 7. The molecule has 0 heterocycles. The predicted molar refractivity (Wildman–Crippen MR) is 71.7 cm³/mol. The van der Waals surface area contributed by atoms with Gasteiger partial charge >= 0.3 is 0 Å². The summed E-state index contributed by atoms with van der Waals surface area (Å²) < 4.78 is 4.89. The lowest BCUT2D eigenvalue weighted by Crippen LogP contribution is -2.32. The lowest BCUT2D eigenvalue weighted by molar-refractivity contribution is 0.0419. The van der Waals surface area contributed by atoms with Crippen LogP contribution in [0.1, 0.15) is 11.1 Å². The van der Waals surface area contributed by atoms with E-state index in [4.69, 9.17) is 15.9 Å². The van der Waals surface area contributed by atoms with Crippen molar-refractivity contribution in [2.75, 3.05) is 27.3 Å². The van der Waals surface area contributed by atoms with Gasteiger partial charge in [0.1, 0.15) is 5.84 Å². The molecule has 1 rings (SSSR count). The molecule has 0 radical (unpaired) electrons. The van der Waals surface area contributed by atoms with Crippen LogP contribution >= 0.6 is 0 Å². The first-order chi connectivity index (χ1) is 8.54. The van der Waals surface area contributed by atoms with E-state index in [1.54, 1.807) is 7.11 Å². The first kappa shape index (κ1) is 14.6. The summed E-state index contributed by atoms with van der Waals surface area (Å²) in [7, 11) is 3.48. The zero-order valence-electron chi connectivity index (χ0n) is 10.9. The van der Waals surface area contributed by atoms with Gasteiger partial charge in [0.15, 0.2) is 0 Å².